The minimum absolute atomic E-state index is 0.0185. The first-order valence-corrected chi connectivity index (χ1v) is 32.6. The summed E-state index contributed by atoms with van der Waals surface area (Å²) in [6.07, 6.45) is -33.7. The summed E-state index contributed by atoms with van der Waals surface area (Å²) in [7, 11) is 5.37. The Morgan fingerprint density at radius 3 is 2.00 bits per heavy atom. The number of aliphatic hydroxyl groups is 6. The maximum Gasteiger partial charge on any atom is 0.342 e. The molecule has 1 aromatic rings. The highest BCUT2D eigenvalue weighted by molar-refractivity contribution is 6.39. The van der Waals surface area contributed by atoms with E-state index in [4.69, 9.17) is 132 Å². The Labute approximate surface area is 558 Å². The van der Waals surface area contributed by atoms with E-state index in [0.29, 0.717) is 0 Å². The van der Waals surface area contributed by atoms with Crippen LogP contribution in [-0.4, -0.2) is 291 Å². The van der Waals surface area contributed by atoms with Crippen LogP contribution in [0, 0.1) is 12.8 Å². The van der Waals surface area contributed by atoms with Gasteiger partial charge >= 0.3 is 17.9 Å². The number of phenolic OH excluding ortho intramolecular Hbond substituents is 1. The zero-order valence-corrected chi connectivity index (χ0v) is 56.6. The number of carbonyl (C=O) groups excluding carboxylic acids is 2. The first-order valence-electron chi connectivity index (χ1n) is 31.9. The normalized spacial score (nSPS) is 47.7. The van der Waals surface area contributed by atoms with Crippen molar-refractivity contribution in [3.05, 3.63) is 21.2 Å². The Bertz CT molecular complexity index is 2840. The van der Waals surface area contributed by atoms with Crippen molar-refractivity contribution in [3.63, 3.8) is 0 Å². The van der Waals surface area contributed by atoms with Crippen molar-refractivity contribution in [1.82, 2.24) is 0 Å². The largest absolute Gasteiger partial charge is 0.505 e. The van der Waals surface area contributed by atoms with Crippen molar-refractivity contribution in [3.8, 4) is 11.5 Å². The molecule has 95 heavy (non-hydrogen) atoms. The second kappa shape index (κ2) is 28.6. The van der Waals surface area contributed by atoms with Gasteiger partial charge in [-0.25, -0.2) is 4.79 Å². The molecule has 10 saturated heterocycles. The average molecular weight is 1410 g/mol. The molecule has 0 radical (unpaired) electrons. The number of halogens is 2. The highest BCUT2D eigenvalue weighted by atomic mass is 35.5. The number of hydrogen-bond acceptors (Lipinski definition) is 32. The second-order valence-corrected chi connectivity index (χ2v) is 27.1. The Balaban J connectivity index is 0.721. The number of carbonyl (C=O) groups is 2. The van der Waals surface area contributed by atoms with Crippen molar-refractivity contribution < 1.29 is 154 Å². The summed E-state index contributed by atoms with van der Waals surface area (Å²) < 4.78 is 142. The van der Waals surface area contributed by atoms with Crippen LogP contribution in [0.1, 0.15) is 97.5 Å². The summed E-state index contributed by atoms with van der Waals surface area (Å²) in [5, 5.41) is 79.9. The maximum atomic E-state index is 13.6. The molecular weight excluding hydrogens is 1320 g/mol. The minimum Gasteiger partial charge on any atom is -0.505 e. The van der Waals surface area contributed by atoms with Crippen LogP contribution in [0.3, 0.4) is 0 Å². The van der Waals surface area contributed by atoms with Gasteiger partial charge in [0.25, 0.3) is 5.97 Å². The number of aromatic hydroxyl groups is 1. The van der Waals surface area contributed by atoms with Crippen LogP contribution < -0.4 is 4.74 Å². The summed E-state index contributed by atoms with van der Waals surface area (Å²) in [5.74, 6) is -6.71. The number of phenols is 1. The summed E-state index contributed by atoms with van der Waals surface area (Å²) in [6, 6.07) is 0. The van der Waals surface area contributed by atoms with E-state index in [9.17, 15) is 45.3 Å². The summed E-state index contributed by atoms with van der Waals surface area (Å²) >= 11 is 12.5. The van der Waals surface area contributed by atoms with Gasteiger partial charge in [-0.3, -0.25) is 4.79 Å². The highest BCUT2D eigenvalue weighted by Gasteiger charge is 2.73. The van der Waals surface area contributed by atoms with Crippen molar-refractivity contribution in [2.24, 2.45) is 5.92 Å². The van der Waals surface area contributed by atoms with Crippen LogP contribution in [0.5, 0.6) is 11.5 Å². The molecule has 0 bridgehead atoms. The third-order valence-electron chi connectivity index (χ3n) is 19.8. The Hall–Kier alpha value is -2.70. The van der Waals surface area contributed by atoms with Gasteiger partial charge in [0, 0.05) is 34.2 Å². The van der Waals surface area contributed by atoms with Crippen molar-refractivity contribution in [2.75, 3.05) is 48.4 Å². The lowest BCUT2D eigenvalue weighted by molar-refractivity contribution is -0.439. The third kappa shape index (κ3) is 13.4. The summed E-state index contributed by atoms with van der Waals surface area (Å²) in [6.45, 7) is 15.4. The number of fused-ring (bicyclic) bond motifs is 4. The van der Waals surface area contributed by atoms with Gasteiger partial charge in [0.1, 0.15) is 95.7 Å². The molecule has 32 atom stereocenters. The van der Waals surface area contributed by atoms with Crippen molar-refractivity contribution >= 4 is 35.1 Å². The number of rotatable bonds is 18. The fourth-order valence-electron chi connectivity index (χ4n) is 14.5. The van der Waals surface area contributed by atoms with E-state index in [1.807, 2.05) is 0 Å². The number of methoxy groups -OCH3 is 4. The zero-order chi connectivity index (χ0) is 68.9. The topological polar surface area (TPSA) is 388 Å². The minimum atomic E-state index is -2.03. The molecule has 5 unspecified atom stereocenters. The van der Waals surface area contributed by atoms with Crippen LogP contribution >= 0.6 is 23.2 Å². The smallest absolute Gasteiger partial charge is 0.342 e. The van der Waals surface area contributed by atoms with E-state index >= 15 is 0 Å². The molecule has 10 aliphatic heterocycles. The predicted octanol–water partition coefficient (Wildman–Crippen LogP) is 0.844. The van der Waals surface area contributed by atoms with Crippen LogP contribution in [0.4, 0.5) is 0 Å². The molecule has 2 spiro atoms. The van der Waals surface area contributed by atoms with Gasteiger partial charge in [-0.05, 0) is 61.0 Å². The molecule has 7 N–H and O–H groups in total. The van der Waals surface area contributed by atoms with Gasteiger partial charge in [0.2, 0.25) is 6.29 Å². The molecule has 11 rings (SSSR count). The lowest BCUT2D eigenvalue weighted by Crippen LogP contribution is -2.72. The first-order chi connectivity index (χ1) is 44.9. The second-order valence-electron chi connectivity index (χ2n) is 26.3. The van der Waals surface area contributed by atoms with Gasteiger partial charge in [-0.15, -0.1) is 0 Å². The molecular formula is C61H90Cl2O32. The van der Waals surface area contributed by atoms with E-state index in [0.717, 1.165) is 0 Å². The van der Waals surface area contributed by atoms with Crippen molar-refractivity contribution in [1.29, 1.82) is 0 Å². The fraction of sp³-hybridized carbons (Fsp3) is 0.869. The molecule has 0 aliphatic carbocycles. The third-order valence-corrected chi connectivity index (χ3v) is 20.6. The molecule has 34 heteroatoms. The van der Waals surface area contributed by atoms with Crippen LogP contribution in [0.25, 0.3) is 0 Å². The van der Waals surface area contributed by atoms with Gasteiger partial charge < -0.3 is 145 Å². The van der Waals surface area contributed by atoms with Gasteiger partial charge in [-0.1, -0.05) is 37.0 Å². The first kappa shape index (κ1) is 73.5. The van der Waals surface area contributed by atoms with Gasteiger partial charge in [-0.2, -0.15) is 0 Å². The molecule has 32 nitrogen and oxygen atoms in total. The number of benzene rings is 1. The molecule has 0 saturated carbocycles. The van der Waals surface area contributed by atoms with Gasteiger partial charge in [0.05, 0.1) is 92.6 Å². The molecule has 10 fully saturated rings. The van der Waals surface area contributed by atoms with E-state index in [-0.39, 0.29) is 66.2 Å². The standard InChI is InChI=1S/C61H90Cl2O32/c1-21(2)53(70)87-50-46-32(92-61(94-46)52-51(78-20-79-52)60(72,26(7)64)28(9)91-61)19-77-56(50)89-57-49(76-14)40(68)45(31(83-57)18-73-11)88-55-41(69)48(44(74-12)24(5)81-55)85-35-16-33-58(10,27(8)82-35)95-59(93-33)17-30(66)43(25(6)90-59)84-34-15-29(65)42(23(4)80-34)86-54(71)36-22(3)37(62)39(67)38(63)47(36)75-13/h21,23-35,40-46,48-52,55-57,64-69,72H,15-20H2,1-14H3/t23-,24-,25-,26-,27+,28-,29-,30?,31-,32-,33-,34+,35-,40+,41-,42?,43-,44+,45-,46+,48-,49+,50?,51-,52-,55-,56-,57+,58-,59?,60+,61?/m1/s1. The number of hydrogen-bond donors (Lipinski definition) is 7. The molecule has 10 aliphatic rings. The zero-order valence-electron chi connectivity index (χ0n) is 55.1. The lowest BCUT2D eigenvalue weighted by Gasteiger charge is -2.51. The highest BCUT2D eigenvalue weighted by Crippen LogP contribution is 2.53. The molecule has 0 aromatic heterocycles. The SMILES string of the molecule is COC[C@H]1O[C@@H](O[C@H]2OC[C@H]3OC4(O[C@@H]3C2OC(=O)C(C)C)O[C@H](C)[C@@](O)([C@@H](C)O)[C@@H]2OCO[C@H]24)[C@@H](OC)[C@@H](O)[C@@H]1O[C@H]1O[C@H](C)[C@H](OC)[C@H](O[C@@H]2C[C@H]3OC4(CC(O)[C@H](O[C@H]5C[C@@H](O)C(OC(=O)c6c(C)c(Cl)c(O)c(Cl)c6OC)[C@@H](C)O5)[C@@H](C)O4)O[C@]3(C)[C@H](C)O2)[C@H]1O. The monoisotopic (exact) mass is 1400 g/mol. The number of esters is 2. The van der Waals surface area contributed by atoms with Crippen molar-refractivity contribution in [2.45, 2.75) is 283 Å². The van der Waals surface area contributed by atoms with Gasteiger partial charge in [0.15, 0.2) is 55.0 Å². The number of aliphatic hydroxyl groups excluding tert-OH is 5. The Morgan fingerprint density at radius 2 is 1.35 bits per heavy atom. The van der Waals surface area contributed by atoms with E-state index in [2.05, 4.69) is 0 Å². The van der Waals surface area contributed by atoms with E-state index in [1.165, 1.54) is 49.2 Å². The van der Waals surface area contributed by atoms with Crippen LogP contribution in [0.2, 0.25) is 10.0 Å². The van der Waals surface area contributed by atoms with Crippen LogP contribution in [-0.2, 0) is 109 Å². The molecule has 0 amide bonds. The average Bonchev–Trinajstić information content (AvgIpc) is 1.58. The quantitative estimate of drug-likeness (QED) is 0.100. The molecule has 10 heterocycles. The van der Waals surface area contributed by atoms with E-state index < -0.39 is 219 Å². The molecule has 1 aromatic carbocycles. The summed E-state index contributed by atoms with van der Waals surface area (Å²) in [4.78, 5) is 27.0. The summed E-state index contributed by atoms with van der Waals surface area (Å²) in [5.41, 5.74) is -3.12. The lowest BCUT2D eigenvalue weighted by atomic mass is 9.80. The maximum absolute atomic E-state index is 13.6. The Kier molecular flexibility index (Phi) is 22.1. The van der Waals surface area contributed by atoms with Crippen LogP contribution in [0.15, 0.2) is 0 Å². The molecule has 540 valence electrons. The van der Waals surface area contributed by atoms with E-state index in [1.54, 1.807) is 48.5 Å². The fourth-order valence-corrected chi connectivity index (χ4v) is 15.0. The Morgan fingerprint density at radius 1 is 0.663 bits per heavy atom. The number of ether oxygens (including phenoxy) is 23. The predicted molar refractivity (Wildman–Crippen MR) is 314 cm³/mol.